The van der Waals surface area contributed by atoms with Gasteiger partial charge in [0.25, 0.3) is 0 Å². The summed E-state index contributed by atoms with van der Waals surface area (Å²) in [6.45, 7) is 5.73. The molecule has 0 fully saturated rings. The Bertz CT molecular complexity index is 447. The molecule has 2 N–H and O–H groups in total. The fourth-order valence-corrected chi connectivity index (χ4v) is 1.15. The lowest BCUT2D eigenvalue weighted by Crippen LogP contribution is -2.12. The van der Waals surface area contributed by atoms with Gasteiger partial charge >= 0.3 is 5.97 Å². The molecule has 0 bridgehead atoms. The van der Waals surface area contributed by atoms with Crippen LogP contribution in [-0.2, 0) is 14.3 Å². The van der Waals surface area contributed by atoms with Crippen molar-refractivity contribution in [1.29, 1.82) is 10.8 Å². The molecular formula is C13H16N2O3. The Morgan fingerprint density at radius 1 is 1.28 bits per heavy atom. The molecule has 18 heavy (non-hydrogen) atoms. The van der Waals surface area contributed by atoms with Crippen molar-refractivity contribution in [1.82, 2.24) is 0 Å². The van der Waals surface area contributed by atoms with E-state index in [4.69, 9.17) is 20.3 Å². The third-order valence-corrected chi connectivity index (χ3v) is 2.13. The molecule has 0 aromatic carbocycles. The van der Waals surface area contributed by atoms with Crippen LogP contribution in [0.4, 0.5) is 0 Å². The zero-order chi connectivity index (χ0) is 13.5. The van der Waals surface area contributed by atoms with Crippen LogP contribution in [0.15, 0.2) is 36.1 Å². The van der Waals surface area contributed by atoms with Gasteiger partial charge in [0.05, 0.1) is 24.6 Å². The fraction of sp³-hybridized carbons (Fsp3) is 0.308. The van der Waals surface area contributed by atoms with Crippen LogP contribution in [0.5, 0.6) is 0 Å². The van der Waals surface area contributed by atoms with Gasteiger partial charge in [0.15, 0.2) is 0 Å². The van der Waals surface area contributed by atoms with Crippen molar-refractivity contribution in [3.63, 3.8) is 0 Å². The first-order chi connectivity index (χ1) is 8.50. The van der Waals surface area contributed by atoms with Crippen LogP contribution in [-0.4, -0.2) is 30.6 Å². The summed E-state index contributed by atoms with van der Waals surface area (Å²) in [5.41, 5.74) is 0.666. The molecule has 5 heteroatoms. The predicted molar refractivity (Wildman–Crippen MR) is 69.0 cm³/mol. The Hall–Kier alpha value is -2.17. The summed E-state index contributed by atoms with van der Waals surface area (Å²) in [6.07, 6.45) is 5.20. The molecule has 0 spiro atoms. The van der Waals surface area contributed by atoms with Crippen LogP contribution >= 0.6 is 0 Å². The molecule has 5 nitrogen and oxygen atoms in total. The van der Waals surface area contributed by atoms with Crippen LogP contribution in [0.25, 0.3) is 0 Å². The van der Waals surface area contributed by atoms with Crippen LogP contribution < -0.4 is 0 Å². The van der Waals surface area contributed by atoms with E-state index in [2.05, 4.69) is 6.58 Å². The molecule has 0 atom stereocenters. The first-order valence-corrected chi connectivity index (χ1v) is 5.53. The van der Waals surface area contributed by atoms with Gasteiger partial charge in [-0.3, -0.25) is 10.8 Å². The standard InChI is InChI=1S/C13H16N2O3/c1-9(2)13(16)18-7-3-6-17-10-4-5-11(14)12(15)8-10/h4-5,8,14-15H,1,3,6-7H2,2H3. The van der Waals surface area contributed by atoms with Crippen molar-refractivity contribution >= 4 is 17.4 Å². The summed E-state index contributed by atoms with van der Waals surface area (Å²) in [4.78, 5) is 11.0. The van der Waals surface area contributed by atoms with Gasteiger partial charge in [-0.15, -0.1) is 0 Å². The van der Waals surface area contributed by atoms with E-state index in [0.717, 1.165) is 0 Å². The van der Waals surface area contributed by atoms with Gasteiger partial charge in [-0.1, -0.05) is 6.58 Å². The molecule has 1 aliphatic rings. The number of ether oxygens (including phenoxy) is 2. The van der Waals surface area contributed by atoms with Gasteiger partial charge in [-0.05, 0) is 19.1 Å². The Morgan fingerprint density at radius 3 is 2.61 bits per heavy atom. The van der Waals surface area contributed by atoms with Crippen LogP contribution in [0.3, 0.4) is 0 Å². The first kappa shape index (κ1) is 13.9. The van der Waals surface area contributed by atoms with E-state index in [-0.39, 0.29) is 18.0 Å². The zero-order valence-electron chi connectivity index (χ0n) is 10.3. The largest absolute Gasteiger partial charge is 0.493 e. The number of hydrogen-bond donors (Lipinski definition) is 2. The Kier molecular flexibility index (Phi) is 5.05. The molecule has 1 aliphatic carbocycles. The van der Waals surface area contributed by atoms with Crippen LogP contribution in [0.1, 0.15) is 13.3 Å². The average molecular weight is 248 g/mol. The number of carbonyl (C=O) groups is 1. The maximum atomic E-state index is 11.0. The van der Waals surface area contributed by atoms with Crippen molar-refractivity contribution in [3.8, 4) is 0 Å². The van der Waals surface area contributed by atoms with E-state index in [9.17, 15) is 4.79 Å². The van der Waals surface area contributed by atoms with Crippen molar-refractivity contribution in [3.05, 3.63) is 36.1 Å². The molecule has 0 amide bonds. The number of rotatable bonds is 6. The molecule has 0 aromatic rings. The second-order valence-electron chi connectivity index (χ2n) is 3.83. The number of carbonyl (C=O) groups excluding carboxylic acids is 1. The highest BCUT2D eigenvalue weighted by molar-refractivity contribution is 6.48. The average Bonchev–Trinajstić information content (AvgIpc) is 2.32. The SMILES string of the molecule is C=C(C)C(=O)OCCCOC1=CC(=N)C(=N)C=C1. The molecule has 0 saturated heterocycles. The van der Waals surface area contributed by atoms with Crippen molar-refractivity contribution < 1.29 is 14.3 Å². The smallest absolute Gasteiger partial charge is 0.333 e. The highest BCUT2D eigenvalue weighted by atomic mass is 16.5. The number of allylic oxidation sites excluding steroid dienone is 3. The highest BCUT2D eigenvalue weighted by Crippen LogP contribution is 2.07. The number of esters is 1. The number of nitrogens with one attached hydrogen (secondary N) is 2. The van der Waals surface area contributed by atoms with Crippen LogP contribution in [0.2, 0.25) is 0 Å². The normalized spacial score (nSPS) is 14.2. The maximum Gasteiger partial charge on any atom is 0.333 e. The van der Waals surface area contributed by atoms with Crippen molar-refractivity contribution in [2.75, 3.05) is 13.2 Å². The lowest BCUT2D eigenvalue weighted by molar-refractivity contribution is -0.139. The lowest BCUT2D eigenvalue weighted by atomic mass is 10.1. The summed E-state index contributed by atoms with van der Waals surface area (Å²) in [7, 11) is 0. The van der Waals surface area contributed by atoms with Gasteiger partial charge in [-0.25, -0.2) is 4.79 Å². The quantitative estimate of drug-likeness (QED) is 0.326. The predicted octanol–water partition coefficient (Wildman–Crippen LogP) is 2.01. The summed E-state index contributed by atoms with van der Waals surface area (Å²) in [5, 5.41) is 14.8. The van der Waals surface area contributed by atoms with E-state index >= 15 is 0 Å². The first-order valence-electron chi connectivity index (χ1n) is 5.53. The van der Waals surface area contributed by atoms with Crippen molar-refractivity contribution in [2.45, 2.75) is 13.3 Å². The van der Waals surface area contributed by atoms with Crippen LogP contribution in [0, 0.1) is 10.8 Å². The summed E-state index contributed by atoms with van der Waals surface area (Å²) >= 11 is 0. The molecule has 96 valence electrons. The molecule has 1 rings (SSSR count). The molecule has 0 saturated carbocycles. The molecular weight excluding hydrogens is 232 g/mol. The molecule has 0 unspecified atom stereocenters. The molecule has 0 heterocycles. The second kappa shape index (κ2) is 6.54. The lowest BCUT2D eigenvalue weighted by Gasteiger charge is -2.10. The Balaban J connectivity index is 2.20. The molecule has 0 aliphatic heterocycles. The van der Waals surface area contributed by atoms with E-state index in [0.29, 0.717) is 24.4 Å². The Morgan fingerprint density at radius 2 is 2.00 bits per heavy atom. The summed E-state index contributed by atoms with van der Waals surface area (Å²) in [5.74, 6) is 0.143. The van der Waals surface area contributed by atoms with Crippen molar-refractivity contribution in [2.24, 2.45) is 0 Å². The van der Waals surface area contributed by atoms with E-state index < -0.39 is 5.97 Å². The highest BCUT2D eigenvalue weighted by Gasteiger charge is 2.07. The van der Waals surface area contributed by atoms with E-state index in [1.165, 1.54) is 12.2 Å². The fourth-order valence-electron chi connectivity index (χ4n) is 1.15. The number of hydrogen-bond acceptors (Lipinski definition) is 5. The van der Waals surface area contributed by atoms with Gasteiger partial charge < -0.3 is 9.47 Å². The van der Waals surface area contributed by atoms with Gasteiger partial charge in [-0.2, -0.15) is 0 Å². The van der Waals surface area contributed by atoms with Gasteiger partial charge in [0.2, 0.25) is 0 Å². The maximum absolute atomic E-state index is 11.0. The minimum absolute atomic E-state index is 0.126. The Labute approximate surface area is 106 Å². The minimum atomic E-state index is -0.401. The summed E-state index contributed by atoms with van der Waals surface area (Å²) < 4.78 is 10.3. The third kappa shape index (κ3) is 4.37. The molecule has 0 aromatic heterocycles. The second-order valence-corrected chi connectivity index (χ2v) is 3.83. The van der Waals surface area contributed by atoms with Gasteiger partial charge in [0.1, 0.15) is 5.76 Å². The van der Waals surface area contributed by atoms with E-state index in [1.54, 1.807) is 13.0 Å². The summed E-state index contributed by atoms with van der Waals surface area (Å²) in [6, 6.07) is 0. The topological polar surface area (TPSA) is 83.2 Å². The van der Waals surface area contributed by atoms with E-state index in [1.807, 2.05) is 0 Å². The van der Waals surface area contributed by atoms with Gasteiger partial charge in [0, 0.05) is 18.1 Å². The monoisotopic (exact) mass is 248 g/mol. The third-order valence-electron chi connectivity index (χ3n) is 2.13. The molecule has 0 radical (unpaired) electrons. The zero-order valence-corrected chi connectivity index (χ0v) is 10.3. The minimum Gasteiger partial charge on any atom is -0.493 e.